The van der Waals surface area contributed by atoms with E-state index in [4.69, 9.17) is 4.74 Å². The maximum Gasteiger partial charge on any atom is 0.322 e. The molecule has 0 aliphatic rings. The minimum Gasteiger partial charge on any atom is -0.495 e. The Labute approximate surface area is 160 Å². The van der Waals surface area contributed by atoms with Crippen molar-refractivity contribution in [2.24, 2.45) is 0 Å². The molecule has 0 spiro atoms. The number of nitrogens with zero attached hydrogens (tertiary/aromatic N) is 1. The highest BCUT2D eigenvalue weighted by atomic mass is 16.5. The molecule has 0 heterocycles. The van der Waals surface area contributed by atoms with Crippen molar-refractivity contribution < 1.29 is 14.3 Å². The molecule has 0 saturated heterocycles. The summed E-state index contributed by atoms with van der Waals surface area (Å²) in [5, 5.41) is 5.69. The van der Waals surface area contributed by atoms with Crippen LogP contribution in [0.4, 0.5) is 16.2 Å². The fraction of sp³-hybridized carbons (Fsp3) is 0.333. The molecule has 3 amide bonds. The quantitative estimate of drug-likeness (QED) is 0.836. The Morgan fingerprint density at radius 3 is 2.19 bits per heavy atom. The van der Waals surface area contributed by atoms with Gasteiger partial charge in [-0.25, -0.2) is 4.79 Å². The van der Waals surface area contributed by atoms with Gasteiger partial charge in [-0.15, -0.1) is 0 Å². The molecule has 0 saturated carbocycles. The first-order valence-corrected chi connectivity index (χ1v) is 8.75. The number of urea groups is 1. The number of methoxy groups -OCH3 is 1. The minimum atomic E-state index is -0.383. The van der Waals surface area contributed by atoms with Crippen LogP contribution >= 0.6 is 0 Å². The molecule has 2 aromatic carbocycles. The molecule has 2 rings (SSSR count). The van der Waals surface area contributed by atoms with Crippen molar-refractivity contribution in [3.05, 3.63) is 52.6 Å². The average molecular weight is 369 g/mol. The standard InChI is InChI=1S/C21H27N3O3/c1-13-7-8-18(27-6)17(11-13)22-21(26)24(5)12-19(25)23-20-15(3)9-14(2)10-16(20)4/h7-11H,12H2,1-6H3,(H,22,26)(H,23,25). The molecule has 0 atom stereocenters. The number of hydrogen-bond donors (Lipinski definition) is 2. The molecule has 6 heteroatoms. The van der Waals surface area contributed by atoms with Crippen molar-refractivity contribution in [3.63, 3.8) is 0 Å². The molecule has 27 heavy (non-hydrogen) atoms. The van der Waals surface area contributed by atoms with E-state index in [1.807, 2.05) is 52.0 Å². The van der Waals surface area contributed by atoms with E-state index < -0.39 is 0 Å². The number of benzene rings is 2. The zero-order chi connectivity index (χ0) is 20.1. The van der Waals surface area contributed by atoms with Gasteiger partial charge in [-0.05, 0) is 56.5 Å². The third-order valence-corrected chi connectivity index (χ3v) is 4.27. The largest absolute Gasteiger partial charge is 0.495 e. The highest BCUT2D eigenvalue weighted by Gasteiger charge is 2.16. The Bertz CT molecular complexity index is 839. The lowest BCUT2D eigenvalue weighted by Gasteiger charge is -2.20. The van der Waals surface area contributed by atoms with Gasteiger partial charge < -0.3 is 20.3 Å². The van der Waals surface area contributed by atoms with Gasteiger partial charge in [-0.2, -0.15) is 0 Å². The summed E-state index contributed by atoms with van der Waals surface area (Å²) in [6.45, 7) is 7.79. The second kappa shape index (κ2) is 8.58. The Morgan fingerprint density at radius 2 is 1.59 bits per heavy atom. The fourth-order valence-electron chi connectivity index (χ4n) is 2.97. The summed E-state index contributed by atoms with van der Waals surface area (Å²) in [7, 11) is 3.12. The van der Waals surface area contributed by atoms with Crippen molar-refractivity contribution in [1.82, 2.24) is 4.90 Å². The Balaban J connectivity index is 2.02. The summed E-state index contributed by atoms with van der Waals surface area (Å²) in [5.74, 6) is 0.316. The van der Waals surface area contributed by atoms with Crippen LogP contribution in [0, 0.1) is 27.7 Å². The summed E-state index contributed by atoms with van der Waals surface area (Å²) in [5.41, 5.74) is 5.50. The van der Waals surface area contributed by atoms with Crippen molar-refractivity contribution >= 4 is 23.3 Å². The molecule has 2 N–H and O–H groups in total. The maximum absolute atomic E-state index is 12.4. The molecular formula is C21H27N3O3. The molecule has 144 valence electrons. The van der Waals surface area contributed by atoms with E-state index in [0.717, 1.165) is 27.9 Å². The number of anilines is 2. The Hall–Kier alpha value is -3.02. The summed E-state index contributed by atoms with van der Waals surface area (Å²) in [6.07, 6.45) is 0. The first-order valence-electron chi connectivity index (χ1n) is 8.75. The molecule has 0 fully saturated rings. The Morgan fingerprint density at radius 1 is 0.963 bits per heavy atom. The molecule has 0 radical (unpaired) electrons. The van der Waals surface area contributed by atoms with Gasteiger partial charge in [0.15, 0.2) is 0 Å². The zero-order valence-electron chi connectivity index (χ0n) is 16.8. The van der Waals surface area contributed by atoms with Crippen LogP contribution in [-0.4, -0.2) is 37.5 Å². The molecule has 0 bridgehead atoms. The predicted octanol–water partition coefficient (Wildman–Crippen LogP) is 4.03. The third kappa shape index (κ3) is 5.23. The lowest BCUT2D eigenvalue weighted by molar-refractivity contribution is -0.116. The number of hydrogen-bond acceptors (Lipinski definition) is 3. The number of ether oxygens (including phenoxy) is 1. The van der Waals surface area contributed by atoms with Crippen molar-refractivity contribution in [2.75, 3.05) is 31.3 Å². The van der Waals surface area contributed by atoms with Gasteiger partial charge in [-0.1, -0.05) is 23.8 Å². The van der Waals surface area contributed by atoms with Gasteiger partial charge in [0.2, 0.25) is 5.91 Å². The number of carbonyl (C=O) groups excluding carboxylic acids is 2. The first-order chi connectivity index (χ1) is 12.7. The van der Waals surface area contributed by atoms with E-state index in [2.05, 4.69) is 10.6 Å². The lowest BCUT2D eigenvalue weighted by Crippen LogP contribution is -2.37. The third-order valence-electron chi connectivity index (χ3n) is 4.27. The van der Waals surface area contributed by atoms with Crippen molar-refractivity contribution in [1.29, 1.82) is 0 Å². The van der Waals surface area contributed by atoms with Crippen LogP contribution in [0.5, 0.6) is 5.75 Å². The van der Waals surface area contributed by atoms with Gasteiger partial charge >= 0.3 is 6.03 Å². The van der Waals surface area contributed by atoms with Crippen LogP contribution in [0.25, 0.3) is 0 Å². The Kier molecular flexibility index (Phi) is 6.45. The topological polar surface area (TPSA) is 70.7 Å². The predicted molar refractivity (Wildman–Crippen MR) is 109 cm³/mol. The van der Waals surface area contributed by atoms with Crippen LogP contribution in [0.1, 0.15) is 22.3 Å². The van der Waals surface area contributed by atoms with Crippen LogP contribution in [0.3, 0.4) is 0 Å². The monoisotopic (exact) mass is 369 g/mol. The number of rotatable bonds is 5. The lowest BCUT2D eigenvalue weighted by atomic mass is 10.1. The van der Waals surface area contributed by atoms with E-state index in [-0.39, 0.29) is 18.5 Å². The van der Waals surface area contributed by atoms with Crippen LogP contribution in [0.2, 0.25) is 0 Å². The second-order valence-electron chi connectivity index (χ2n) is 6.81. The number of carbonyl (C=O) groups is 2. The number of aryl methyl sites for hydroxylation is 4. The van der Waals surface area contributed by atoms with E-state index in [1.165, 1.54) is 4.90 Å². The zero-order valence-corrected chi connectivity index (χ0v) is 16.8. The van der Waals surface area contributed by atoms with Crippen molar-refractivity contribution in [3.8, 4) is 5.75 Å². The average Bonchev–Trinajstić information content (AvgIpc) is 2.58. The van der Waals surface area contributed by atoms with Crippen molar-refractivity contribution in [2.45, 2.75) is 27.7 Å². The SMILES string of the molecule is COc1ccc(C)cc1NC(=O)N(C)CC(=O)Nc1c(C)cc(C)cc1C. The summed E-state index contributed by atoms with van der Waals surface area (Å²) < 4.78 is 5.26. The van der Waals surface area contributed by atoms with E-state index in [1.54, 1.807) is 20.2 Å². The minimum absolute atomic E-state index is 0.0628. The summed E-state index contributed by atoms with van der Waals surface area (Å²) >= 11 is 0. The van der Waals surface area contributed by atoms with E-state index in [0.29, 0.717) is 11.4 Å². The van der Waals surface area contributed by atoms with Gasteiger partial charge in [0.1, 0.15) is 12.3 Å². The number of nitrogens with one attached hydrogen (secondary N) is 2. The molecule has 0 aliphatic carbocycles. The highest BCUT2D eigenvalue weighted by molar-refractivity contribution is 5.98. The molecule has 0 aromatic heterocycles. The normalized spacial score (nSPS) is 10.3. The fourth-order valence-corrected chi connectivity index (χ4v) is 2.97. The van der Waals surface area contributed by atoms with Gasteiger partial charge in [0, 0.05) is 12.7 Å². The summed E-state index contributed by atoms with van der Waals surface area (Å²) in [4.78, 5) is 26.2. The molecular weight excluding hydrogens is 342 g/mol. The van der Waals surface area contributed by atoms with Gasteiger partial charge in [0.25, 0.3) is 0 Å². The van der Waals surface area contributed by atoms with Gasteiger partial charge in [0.05, 0.1) is 12.8 Å². The van der Waals surface area contributed by atoms with Crippen LogP contribution in [0.15, 0.2) is 30.3 Å². The molecule has 0 aliphatic heterocycles. The second-order valence-corrected chi connectivity index (χ2v) is 6.81. The summed E-state index contributed by atoms with van der Waals surface area (Å²) in [6, 6.07) is 9.17. The van der Waals surface area contributed by atoms with E-state index >= 15 is 0 Å². The van der Waals surface area contributed by atoms with Gasteiger partial charge in [-0.3, -0.25) is 4.79 Å². The van der Waals surface area contributed by atoms with Crippen LogP contribution < -0.4 is 15.4 Å². The number of likely N-dealkylation sites (N-methyl/N-ethyl adjacent to an activating group) is 1. The molecule has 6 nitrogen and oxygen atoms in total. The maximum atomic E-state index is 12.4. The number of amides is 3. The smallest absolute Gasteiger partial charge is 0.322 e. The highest BCUT2D eigenvalue weighted by Crippen LogP contribution is 2.25. The molecule has 0 unspecified atom stereocenters. The molecule has 2 aromatic rings. The van der Waals surface area contributed by atoms with Crippen LogP contribution in [-0.2, 0) is 4.79 Å². The first kappa shape index (κ1) is 20.3. The van der Waals surface area contributed by atoms with E-state index in [9.17, 15) is 9.59 Å².